The first-order chi connectivity index (χ1) is 20.5. The van der Waals surface area contributed by atoms with Gasteiger partial charge in [-0.05, 0) is 51.0 Å². The Balaban J connectivity index is 1.42. The van der Waals surface area contributed by atoms with E-state index >= 15 is 0 Å². The Kier molecular flexibility index (Phi) is 18.2. The number of anilines is 1. The Hall–Kier alpha value is -3.57. The number of allylic oxidation sites excluding steroid dienone is 10. The second-order valence-electron chi connectivity index (χ2n) is 9.37. The van der Waals surface area contributed by atoms with Crippen LogP contribution in [0.4, 0.5) is 10.6 Å². The van der Waals surface area contributed by atoms with Crippen LogP contribution < -0.4 is 22.1 Å². The first-order valence-electron chi connectivity index (χ1n) is 14.5. The molecule has 0 spiro atoms. The standard InChI is InChI=1S/C31H45N5O5S/c1-2-3-4-5-6-7-8-9-10-11-12-13-14-15-16-17-18-19-27(37)33-21-22-34-31(39)40-24-29-41-28(25-42-29)36-23-20-26(32)35-30(36)38/h3-4,6-7,9-10,12-13,15-16,20,23,28-29H,2,5,8,11,14,17-19,21-22,24-25H2,1H3,(H,33,37)(H,34,39)(H2,32,35,38)/b4-3-,7-6-,10-9-,13-12-,16-15-/t28-,29+/m0/s1. The van der Waals surface area contributed by atoms with Crippen LogP contribution >= 0.6 is 11.8 Å². The van der Waals surface area contributed by atoms with Crippen LogP contribution in [0, 0.1) is 0 Å². The number of rotatable bonds is 19. The zero-order valence-electron chi connectivity index (χ0n) is 24.5. The quantitative estimate of drug-likeness (QED) is 0.146. The largest absolute Gasteiger partial charge is 0.446 e. The van der Waals surface area contributed by atoms with E-state index in [0.717, 1.165) is 44.9 Å². The number of ether oxygens (including phenoxy) is 2. The molecule has 1 aromatic heterocycles. The van der Waals surface area contributed by atoms with Gasteiger partial charge in [0.05, 0.1) is 0 Å². The number of unbranched alkanes of at least 4 members (excludes halogenated alkanes) is 1. The molecule has 0 radical (unpaired) electrons. The summed E-state index contributed by atoms with van der Waals surface area (Å²) in [5, 5.41) is 5.39. The van der Waals surface area contributed by atoms with Gasteiger partial charge in [0.15, 0.2) is 0 Å². The third-order valence-corrected chi connectivity index (χ3v) is 6.99. The van der Waals surface area contributed by atoms with E-state index in [1.165, 1.54) is 28.6 Å². The van der Waals surface area contributed by atoms with Crippen LogP contribution in [0.2, 0.25) is 0 Å². The van der Waals surface area contributed by atoms with Crippen LogP contribution in [0.25, 0.3) is 0 Å². The number of nitrogen functional groups attached to an aromatic ring is 1. The number of aromatic nitrogens is 2. The minimum atomic E-state index is -0.596. The molecule has 1 saturated heterocycles. The molecule has 0 bridgehead atoms. The number of nitrogens with zero attached hydrogens (tertiary/aromatic N) is 2. The van der Waals surface area contributed by atoms with Gasteiger partial charge in [-0.1, -0.05) is 67.7 Å². The normalized spacial score (nSPS) is 17.4. The third kappa shape index (κ3) is 16.0. The average molecular weight is 600 g/mol. The molecule has 2 rings (SSSR count). The van der Waals surface area contributed by atoms with Gasteiger partial charge in [0.2, 0.25) is 5.91 Å². The lowest BCUT2D eigenvalue weighted by molar-refractivity contribution is -0.121. The SMILES string of the molecule is CC/C=C\C/C=C\C/C=C\C/C=C\C/C=C\CCCC(=O)NCCNC(=O)OC[C@@H]1O[C@H](n2ccc(N)nc2=O)CS1. The summed E-state index contributed by atoms with van der Waals surface area (Å²) in [4.78, 5) is 39.5. The number of carbonyl (C=O) groups is 2. The summed E-state index contributed by atoms with van der Waals surface area (Å²) in [5.41, 5.74) is 4.62. The topological polar surface area (TPSA) is 138 Å². The molecule has 2 heterocycles. The molecule has 0 aromatic carbocycles. The van der Waals surface area contributed by atoms with Gasteiger partial charge in [-0.3, -0.25) is 9.36 Å². The van der Waals surface area contributed by atoms with Crippen LogP contribution in [0.15, 0.2) is 77.8 Å². The van der Waals surface area contributed by atoms with E-state index in [2.05, 4.69) is 83.3 Å². The van der Waals surface area contributed by atoms with Gasteiger partial charge in [0.1, 0.15) is 24.1 Å². The highest BCUT2D eigenvalue weighted by molar-refractivity contribution is 8.00. The molecule has 2 atom stereocenters. The molecule has 4 N–H and O–H groups in total. The number of hydrogen-bond donors (Lipinski definition) is 3. The molecule has 1 fully saturated rings. The maximum atomic E-state index is 12.0. The van der Waals surface area contributed by atoms with Crippen LogP contribution in [-0.4, -0.2) is 52.4 Å². The predicted octanol–water partition coefficient (Wildman–Crippen LogP) is 5.18. The minimum Gasteiger partial charge on any atom is -0.446 e. The maximum absolute atomic E-state index is 12.0. The lowest BCUT2D eigenvalue weighted by Crippen LogP contribution is -2.35. The predicted molar refractivity (Wildman–Crippen MR) is 170 cm³/mol. The van der Waals surface area contributed by atoms with E-state index in [1.807, 2.05) is 0 Å². The number of thioether (sulfide) groups is 1. The van der Waals surface area contributed by atoms with E-state index in [4.69, 9.17) is 15.2 Å². The minimum absolute atomic E-state index is 0.0340. The Labute approximate surface area is 253 Å². The third-order valence-electron chi connectivity index (χ3n) is 5.89. The Morgan fingerprint density at radius 3 is 2.29 bits per heavy atom. The van der Waals surface area contributed by atoms with Crippen molar-refractivity contribution in [1.29, 1.82) is 0 Å². The number of amides is 2. The van der Waals surface area contributed by atoms with Crippen molar-refractivity contribution in [2.45, 2.75) is 70.0 Å². The Bertz CT molecular complexity index is 1140. The summed E-state index contributed by atoms with van der Waals surface area (Å²) in [6.07, 6.45) is 29.0. The fraction of sp³-hybridized carbons (Fsp3) is 0.484. The molecule has 1 aliphatic heterocycles. The summed E-state index contributed by atoms with van der Waals surface area (Å²) >= 11 is 1.44. The molecule has 0 saturated carbocycles. The first-order valence-corrected chi connectivity index (χ1v) is 15.6. The Morgan fingerprint density at radius 1 is 1.02 bits per heavy atom. The van der Waals surface area contributed by atoms with E-state index in [-0.39, 0.29) is 24.9 Å². The number of carbonyl (C=O) groups excluding carboxylic acids is 2. The molecular formula is C31H45N5O5S. The fourth-order valence-corrected chi connectivity index (χ4v) is 4.71. The number of nitrogens with two attached hydrogens (primary N) is 1. The van der Waals surface area contributed by atoms with Gasteiger partial charge in [0.25, 0.3) is 0 Å². The maximum Gasteiger partial charge on any atom is 0.407 e. The summed E-state index contributed by atoms with van der Waals surface area (Å²) in [6.45, 7) is 2.75. The van der Waals surface area contributed by atoms with Crippen LogP contribution in [0.5, 0.6) is 0 Å². The Morgan fingerprint density at radius 2 is 1.64 bits per heavy atom. The van der Waals surface area contributed by atoms with Crippen LogP contribution in [-0.2, 0) is 14.3 Å². The first kappa shape index (κ1) is 34.6. The van der Waals surface area contributed by atoms with Gasteiger partial charge in [-0.25, -0.2) is 9.59 Å². The zero-order chi connectivity index (χ0) is 30.3. The molecular weight excluding hydrogens is 554 g/mol. The van der Waals surface area contributed by atoms with Crippen molar-refractivity contribution in [2.75, 3.05) is 31.2 Å². The molecule has 10 nitrogen and oxygen atoms in total. The lowest BCUT2D eigenvalue weighted by Gasteiger charge is -2.15. The van der Waals surface area contributed by atoms with Crippen LogP contribution in [0.1, 0.15) is 64.5 Å². The second-order valence-corrected chi connectivity index (χ2v) is 10.6. The average Bonchev–Trinajstić information content (AvgIpc) is 3.44. The highest BCUT2D eigenvalue weighted by atomic mass is 32.2. The van der Waals surface area contributed by atoms with Gasteiger partial charge in [0, 0.05) is 31.5 Å². The van der Waals surface area contributed by atoms with Crippen molar-refractivity contribution in [3.8, 4) is 0 Å². The van der Waals surface area contributed by atoms with Crippen molar-refractivity contribution >= 4 is 29.6 Å². The second kappa shape index (κ2) is 22.1. The van der Waals surface area contributed by atoms with Gasteiger partial charge in [-0.2, -0.15) is 4.98 Å². The van der Waals surface area contributed by atoms with E-state index in [9.17, 15) is 14.4 Å². The van der Waals surface area contributed by atoms with Crippen molar-refractivity contribution < 1.29 is 19.1 Å². The lowest BCUT2D eigenvalue weighted by atomic mass is 10.2. The number of alkyl carbamates (subject to hydrolysis) is 1. The number of hydrogen-bond acceptors (Lipinski definition) is 8. The van der Waals surface area contributed by atoms with E-state index in [1.54, 1.807) is 0 Å². The smallest absolute Gasteiger partial charge is 0.407 e. The highest BCUT2D eigenvalue weighted by Crippen LogP contribution is 2.31. The molecule has 0 aliphatic carbocycles. The van der Waals surface area contributed by atoms with Crippen molar-refractivity contribution in [1.82, 2.24) is 20.2 Å². The molecule has 0 unspecified atom stereocenters. The summed E-state index contributed by atoms with van der Waals surface area (Å²) < 4.78 is 12.3. The number of nitrogens with one attached hydrogen (secondary N) is 2. The van der Waals surface area contributed by atoms with Gasteiger partial charge in [-0.15, -0.1) is 11.8 Å². The van der Waals surface area contributed by atoms with E-state index in [0.29, 0.717) is 18.7 Å². The van der Waals surface area contributed by atoms with Gasteiger partial charge >= 0.3 is 11.8 Å². The highest BCUT2D eigenvalue weighted by Gasteiger charge is 2.29. The molecule has 42 heavy (non-hydrogen) atoms. The monoisotopic (exact) mass is 599 g/mol. The molecule has 11 heteroatoms. The molecule has 230 valence electrons. The molecule has 1 aliphatic rings. The molecule has 2 amide bonds. The molecule has 1 aromatic rings. The summed E-state index contributed by atoms with van der Waals surface area (Å²) in [5.74, 6) is 0.622. The summed E-state index contributed by atoms with van der Waals surface area (Å²) in [6, 6.07) is 1.53. The van der Waals surface area contributed by atoms with Crippen LogP contribution in [0.3, 0.4) is 0 Å². The van der Waals surface area contributed by atoms with E-state index < -0.39 is 23.4 Å². The fourth-order valence-electron chi connectivity index (χ4n) is 3.72. The summed E-state index contributed by atoms with van der Waals surface area (Å²) in [7, 11) is 0. The van der Waals surface area contributed by atoms with Crippen molar-refractivity contribution in [3.63, 3.8) is 0 Å². The van der Waals surface area contributed by atoms with Gasteiger partial charge < -0.3 is 25.8 Å². The van der Waals surface area contributed by atoms with Crippen molar-refractivity contribution in [2.24, 2.45) is 0 Å². The zero-order valence-corrected chi connectivity index (χ0v) is 25.3. The van der Waals surface area contributed by atoms with Crippen molar-refractivity contribution in [3.05, 3.63) is 83.5 Å².